The molecule has 1 atom stereocenters. The number of carbonyl (C=O) groups is 3. The van der Waals surface area contributed by atoms with Gasteiger partial charge >= 0.3 is 0 Å². The van der Waals surface area contributed by atoms with Crippen LogP contribution < -0.4 is 10.6 Å². The Bertz CT molecular complexity index is 918. The molecule has 0 bridgehead atoms. The van der Waals surface area contributed by atoms with Gasteiger partial charge in [0.1, 0.15) is 23.5 Å². The Kier molecular flexibility index (Phi) is 5.62. The first kappa shape index (κ1) is 19.4. The molecule has 0 aromatic heterocycles. The zero-order chi connectivity index (χ0) is 20.3. The number of hydrogen-bond acceptors (Lipinski definition) is 3. The fourth-order valence-electron chi connectivity index (χ4n) is 2.90. The Labute approximate surface area is 158 Å². The van der Waals surface area contributed by atoms with Gasteiger partial charge in [0, 0.05) is 24.8 Å². The third kappa shape index (κ3) is 4.30. The average Bonchev–Trinajstić information content (AvgIpc) is 2.65. The van der Waals surface area contributed by atoms with Gasteiger partial charge in [-0.05, 0) is 36.4 Å². The molecule has 1 heterocycles. The Morgan fingerprint density at radius 1 is 1.07 bits per heavy atom. The molecule has 0 spiro atoms. The molecule has 2 aromatic rings. The lowest BCUT2D eigenvalue weighted by atomic mass is 10.1. The average molecular weight is 391 g/mol. The largest absolute Gasteiger partial charge is 0.353 e. The zero-order valence-corrected chi connectivity index (χ0v) is 14.5. The summed E-state index contributed by atoms with van der Waals surface area (Å²) < 4.78 is 40.0. The SMILES string of the molecule is O=C(C[C@H]1C(=O)NCCN1C(=O)c1ccc(F)cc1F)Nc1ccc(F)cc1. The Morgan fingerprint density at radius 2 is 1.75 bits per heavy atom. The van der Waals surface area contributed by atoms with E-state index in [4.69, 9.17) is 0 Å². The van der Waals surface area contributed by atoms with E-state index in [1.54, 1.807) is 0 Å². The van der Waals surface area contributed by atoms with Crippen molar-refractivity contribution in [3.05, 3.63) is 65.5 Å². The fraction of sp³-hybridized carbons (Fsp3) is 0.211. The number of piperazine rings is 1. The van der Waals surface area contributed by atoms with Crippen LogP contribution >= 0.6 is 0 Å². The summed E-state index contributed by atoms with van der Waals surface area (Å²) in [4.78, 5) is 38.3. The third-order valence-corrected chi connectivity index (χ3v) is 4.26. The molecular weight excluding hydrogens is 375 g/mol. The smallest absolute Gasteiger partial charge is 0.257 e. The van der Waals surface area contributed by atoms with E-state index >= 15 is 0 Å². The Balaban J connectivity index is 1.76. The summed E-state index contributed by atoms with van der Waals surface area (Å²) in [5.41, 5.74) is -0.0647. The van der Waals surface area contributed by atoms with Crippen molar-refractivity contribution >= 4 is 23.4 Å². The summed E-state index contributed by atoms with van der Waals surface area (Å²) in [6.07, 6.45) is -0.377. The maximum Gasteiger partial charge on any atom is 0.257 e. The van der Waals surface area contributed by atoms with Crippen molar-refractivity contribution in [1.29, 1.82) is 0 Å². The van der Waals surface area contributed by atoms with E-state index < -0.39 is 41.2 Å². The molecule has 2 N–H and O–H groups in total. The minimum Gasteiger partial charge on any atom is -0.353 e. The molecule has 28 heavy (non-hydrogen) atoms. The molecule has 1 saturated heterocycles. The summed E-state index contributed by atoms with van der Waals surface area (Å²) >= 11 is 0. The minimum atomic E-state index is -1.16. The number of amides is 3. The highest BCUT2D eigenvalue weighted by atomic mass is 19.1. The summed E-state index contributed by atoms with van der Waals surface area (Å²) in [6.45, 7) is 0.208. The van der Waals surface area contributed by atoms with Gasteiger partial charge in [0.15, 0.2) is 0 Å². The molecule has 1 fully saturated rings. The molecule has 9 heteroatoms. The maximum atomic E-state index is 14.0. The lowest BCUT2D eigenvalue weighted by Crippen LogP contribution is -2.58. The van der Waals surface area contributed by atoms with E-state index in [2.05, 4.69) is 10.6 Å². The Hall–Kier alpha value is -3.36. The second-order valence-corrected chi connectivity index (χ2v) is 6.19. The standard InChI is InChI=1S/C19H16F3N3O3/c20-11-1-4-13(5-2-11)24-17(26)10-16-18(27)23-7-8-25(16)19(28)14-6-3-12(21)9-15(14)22/h1-6,9,16H,7-8,10H2,(H,23,27)(H,24,26)/t16-/m0/s1. The van der Waals surface area contributed by atoms with Crippen molar-refractivity contribution < 1.29 is 27.6 Å². The molecule has 0 saturated carbocycles. The van der Waals surface area contributed by atoms with Crippen molar-refractivity contribution in [2.24, 2.45) is 0 Å². The number of nitrogens with zero attached hydrogens (tertiary/aromatic N) is 1. The second kappa shape index (κ2) is 8.12. The molecule has 0 radical (unpaired) electrons. The molecular formula is C19H16F3N3O3. The highest BCUT2D eigenvalue weighted by Crippen LogP contribution is 2.18. The normalized spacial score (nSPS) is 16.5. The van der Waals surface area contributed by atoms with Gasteiger partial charge in [0.25, 0.3) is 5.91 Å². The van der Waals surface area contributed by atoms with E-state index in [-0.39, 0.29) is 25.1 Å². The van der Waals surface area contributed by atoms with Gasteiger partial charge in [-0.1, -0.05) is 0 Å². The van der Waals surface area contributed by atoms with Gasteiger partial charge in [-0.15, -0.1) is 0 Å². The predicted octanol–water partition coefficient (Wildman–Crippen LogP) is 2.07. The molecule has 3 rings (SSSR count). The topological polar surface area (TPSA) is 78.5 Å². The van der Waals surface area contributed by atoms with Gasteiger partial charge in [0.2, 0.25) is 11.8 Å². The van der Waals surface area contributed by atoms with Crippen molar-refractivity contribution in [2.75, 3.05) is 18.4 Å². The van der Waals surface area contributed by atoms with Crippen molar-refractivity contribution in [2.45, 2.75) is 12.5 Å². The van der Waals surface area contributed by atoms with E-state index in [1.807, 2.05) is 0 Å². The van der Waals surface area contributed by atoms with Crippen LogP contribution in [0.15, 0.2) is 42.5 Å². The molecule has 1 aliphatic rings. The van der Waals surface area contributed by atoms with Crippen LogP contribution in [0.5, 0.6) is 0 Å². The minimum absolute atomic E-state index is 0.0654. The highest BCUT2D eigenvalue weighted by Gasteiger charge is 2.36. The Morgan fingerprint density at radius 3 is 2.43 bits per heavy atom. The number of benzene rings is 2. The first-order chi connectivity index (χ1) is 13.3. The lowest BCUT2D eigenvalue weighted by molar-refractivity contribution is -0.131. The molecule has 2 aromatic carbocycles. The van der Waals surface area contributed by atoms with Crippen LogP contribution in [0.2, 0.25) is 0 Å². The quantitative estimate of drug-likeness (QED) is 0.838. The van der Waals surface area contributed by atoms with Gasteiger partial charge in [-0.2, -0.15) is 0 Å². The molecule has 0 unspecified atom stereocenters. The zero-order valence-electron chi connectivity index (χ0n) is 14.5. The van der Waals surface area contributed by atoms with E-state index in [1.165, 1.54) is 12.1 Å². The van der Waals surface area contributed by atoms with Gasteiger partial charge in [0.05, 0.1) is 12.0 Å². The van der Waals surface area contributed by atoms with Crippen LogP contribution in [-0.4, -0.2) is 41.8 Å². The van der Waals surface area contributed by atoms with Crippen molar-refractivity contribution in [3.8, 4) is 0 Å². The first-order valence-electron chi connectivity index (χ1n) is 8.44. The number of halogens is 3. The predicted molar refractivity (Wildman–Crippen MR) is 93.8 cm³/mol. The van der Waals surface area contributed by atoms with Crippen LogP contribution in [-0.2, 0) is 9.59 Å². The maximum absolute atomic E-state index is 14.0. The van der Waals surface area contributed by atoms with Gasteiger partial charge in [-0.3, -0.25) is 14.4 Å². The van der Waals surface area contributed by atoms with Crippen LogP contribution in [0.1, 0.15) is 16.8 Å². The molecule has 6 nitrogen and oxygen atoms in total. The number of nitrogens with one attached hydrogen (secondary N) is 2. The number of hydrogen-bond donors (Lipinski definition) is 2. The second-order valence-electron chi connectivity index (χ2n) is 6.19. The van der Waals surface area contributed by atoms with Crippen LogP contribution in [0.3, 0.4) is 0 Å². The van der Waals surface area contributed by atoms with Gasteiger partial charge in [-0.25, -0.2) is 13.2 Å². The highest BCUT2D eigenvalue weighted by molar-refractivity contribution is 6.01. The fourth-order valence-corrected chi connectivity index (χ4v) is 2.90. The summed E-state index contributed by atoms with van der Waals surface area (Å²) in [7, 11) is 0. The van der Waals surface area contributed by atoms with Crippen molar-refractivity contribution in [3.63, 3.8) is 0 Å². The van der Waals surface area contributed by atoms with E-state index in [0.29, 0.717) is 11.8 Å². The molecule has 3 amide bonds. The monoisotopic (exact) mass is 391 g/mol. The number of carbonyl (C=O) groups excluding carboxylic acids is 3. The van der Waals surface area contributed by atoms with Crippen LogP contribution in [0.25, 0.3) is 0 Å². The lowest BCUT2D eigenvalue weighted by Gasteiger charge is -2.34. The number of anilines is 1. The van der Waals surface area contributed by atoms with E-state index in [0.717, 1.165) is 29.2 Å². The van der Waals surface area contributed by atoms with E-state index in [9.17, 15) is 27.6 Å². The summed E-state index contributed by atoms with van der Waals surface area (Å²) in [5, 5.41) is 5.06. The van der Waals surface area contributed by atoms with Crippen LogP contribution in [0.4, 0.5) is 18.9 Å². The van der Waals surface area contributed by atoms with Crippen LogP contribution in [0, 0.1) is 17.5 Å². The third-order valence-electron chi connectivity index (χ3n) is 4.26. The number of rotatable bonds is 4. The van der Waals surface area contributed by atoms with Crippen molar-refractivity contribution in [1.82, 2.24) is 10.2 Å². The first-order valence-corrected chi connectivity index (χ1v) is 8.44. The summed E-state index contributed by atoms with van der Waals surface area (Å²) in [6, 6.07) is 6.38. The van der Waals surface area contributed by atoms with Gasteiger partial charge < -0.3 is 15.5 Å². The molecule has 146 valence electrons. The summed E-state index contributed by atoms with van der Waals surface area (Å²) in [5.74, 6) is -4.30. The molecule has 1 aliphatic heterocycles. The molecule has 0 aliphatic carbocycles.